The van der Waals surface area contributed by atoms with Crippen LogP contribution in [0.3, 0.4) is 0 Å². The Morgan fingerprint density at radius 2 is 2.14 bits per heavy atom. The number of carbonyl (C=O) groups is 2. The van der Waals surface area contributed by atoms with E-state index in [-0.39, 0.29) is 35.3 Å². The minimum Gasteiger partial charge on any atom is -0.478 e. The number of carboxylic acid groups (broad SMARTS) is 1. The highest BCUT2D eigenvalue weighted by Crippen LogP contribution is 2.43. The van der Waals surface area contributed by atoms with E-state index in [9.17, 15) is 14.7 Å². The maximum Gasteiger partial charge on any atom is 0.340 e. The highest BCUT2D eigenvalue weighted by molar-refractivity contribution is 9.10. The minimum atomic E-state index is -1.16. The van der Waals surface area contributed by atoms with Crippen LogP contribution in [-0.4, -0.2) is 37.4 Å². The molecule has 118 valence electrons. The molecule has 2 aliphatic heterocycles. The number of Topliss-reactive ketones (excluding diaryl/α,β-unsaturated/α-hetero) is 1. The molecule has 6 nitrogen and oxygen atoms in total. The maximum absolute atomic E-state index is 12.2. The molecule has 1 N–H and O–H groups in total. The fourth-order valence-corrected chi connectivity index (χ4v) is 3.85. The average molecular weight is 368 g/mol. The lowest BCUT2D eigenvalue weighted by molar-refractivity contribution is -0.135. The number of halogens is 1. The molecule has 0 fully saturated rings. The summed E-state index contributed by atoms with van der Waals surface area (Å²) in [6, 6.07) is -0.0843. The van der Waals surface area contributed by atoms with E-state index in [2.05, 4.69) is 46.3 Å². The normalized spacial score (nSPS) is 24.6. The van der Waals surface area contributed by atoms with E-state index in [0.29, 0.717) is 6.54 Å². The van der Waals surface area contributed by atoms with Crippen molar-refractivity contribution in [2.75, 3.05) is 0 Å². The van der Waals surface area contributed by atoms with E-state index in [1.807, 2.05) is 4.90 Å². The molecule has 0 aromatic carbocycles. The Kier molecular flexibility index (Phi) is 3.43. The fraction of sp³-hybridized carbons (Fsp3) is 0.533. The topological polar surface area (TPSA) is 75.4 Å². The third-order valence-electron chi connectivity index (χ3n) is 4.42. The Balaban J connectivity index is 2.15. The van der Waals surface area contributed by atoms with Crippen LogP contribution in [0.4, 0.5) is 0 Å². The monoisotopic (exact) mass is 367 g/mol. The Bertz CT molecular complexity index is 687. The predicted octanol–water partition coefficient (Wildman–Crippen LogP) is 2.36. The number of nitrogens with zero attached hydrogens (tertiary/aromatic N) is 3. The summed E-state index contributed by atoms with van der Waals surface area (Å²) in [4.78, 5) is 29.8. The van der Waals surface area contributed by atoms with Crippen LogP contribution in [0.5, 0.6) is 0 Å². The summed E-state index contributed by atoms with van der Waals surface area (Å²) in [5, 5.41) is 9.26. The molecule has 3 heterocycles. The van der Waals surface area contributed by atoms with E-state index in [1.165, 1.54) is 6.20 Å². The van der Waals surface area contributed by atoms with E-state index < -0.39 is 5.97 Å². The van der Waals surface area contributed by atoms with Gasteiger partial charge in [0.25, 0.3) is 0 Å². The molecule has 7 heteroatoms. The number of carbonyl (C=O) groups excluding carboxylic acids is 1. The number of carboxylic acids is 1. The number of aromatic nitrogens is 2. The van der Waals surface area contributed by atoms with Gasteiger partial charge in [-0.3, -0.25) is 4.79 Å². The standard InChI is InChI=1S/C15H18BrN3O3/c1-15(2,3)11-6-18-7-17-13(16)12(18)9-4-10(20)8(14(21)22)5-19(9)11/h5,7,9,11H,4,6H2,1-3H3,(H,21,22)/t9?,11-/m0/s1. The lowest BCUT2D eigenvalue weighted by Crippen LogP contribution is -2.52. The third kappa shape index (κ3) is 2.27. The molecule has 0 amide bonds. The first-order valence-corrected chi connectivity index (χ1v) is 7.95. The van der Waals surface area contributed by atoms with Crippen molar-refractivity contribution in [2.24, 2.45) is 5.41 Å². The second-order valence-corrected chi connectivity index (χ2v) is 7.64. The minimum absolute atomic E-state index is 0.0623. The second-order valence-electron chi connectivity index (χ2n) is 6.89. The van der Waals surface area contributed by atoms with Crippen LogP contribution in [0.1, 0.15) is 38.9 Å². The van der Waals surface area contributed by atoms with Gasteiger partial charge in [0, 0.05) is 19.2 Å². The molecule has 0 radical (unpaired) electrons. The molecule has 2 atom stereocenters. The molecule has 0 aliphatic carbocycles. The van der Waals surface area contributed by atoms with Crippen LogP contribution in [0.2, 0.25) is 0 Å². The Morgan fingerprint density at radius 3 is 2.73 bits per heavy atom. The van der Waals surface area contributed by atoms with Crippen molar-refractivity contribution in [3.05, 3.63) is 28.4 Å². The Hall–Kier alpha value is -1.63. The van der Waals surface area contributed by atoms with Gasteiger partial charge in [-0.05, 0) is 21.3 Å². The van der Waals surface area contributed by atoms with Crippen LogP contribution in [0.15, 0.2) is 22.7 Å². The van der Waals surface area contributed by atoms with Gasteiger partial charge in [-0.25, -0.2) is 9.78 Å². The zero-order valence-corrected chi connectivity index (χ0v) is 14.3. The smallest absolute Gasteiger partial charge is 0.340 e. The van der Waals surface area contributed by atoms with Crippen LogP contribution in [0, 0.1) is 5.41 Å². The molecule has 0 spiro atoms. The lowest BCUT2D eigenvalue weighted by Gasteiger charge is -2.49. The Labute approximate surface area is 136 Å². The van der Waals surface area contributed by atoms with Crippen molar-refractivity contribution in [2.45, 2.75) is 45.8 Å². The zero-order chi connectivity index (χ0) is 16.2. The number of ketones is 1. The first-order chi connectivity index (χ1) is 10.2. The number of fused-ring (bicyclic) bond motifs is 3. The number of rotatable bonds is 1. The van der Waals surface area contributed by atoms with Gasteiger partial charge in [0.05, 0.1) is 24.1 Å². The molecule has 2 aliphatic rings. The largest absolute Gasteiger partial charge is 0.478 e. The van der Waals surface area contributed by atoms with Gasteiger partial charge in [-0.15, -0.1) is 0 Å². The van der Waals surface area contributed by atoms with Crippen LogP contribution >= 0.6 is 15.9 Å². The summed E-state index contributed by atoms with van der Waals surface area (Å²) in [6.07, 6.45) is 3.46. The van der Waals surface area contributed by atoms with Crippen LogP contribution in [0.25, 0.3) is 0 Å². The van der Waals surface area contributed by atoms with Crippen molar-refractivity contribution >= 4 is 27.7 Å². The number of hydrogen-bond donors (Lipinski definition) is 1. The summed E-state index contributed by atoms with van der Waals surface area (Å²) >= 11 is 3.44. The first-order valence-electron chi connectivity index (χ1n) is 7.16. The third-order valence-corrected chi connectivity index (χ3v) is 5.03. The van der Waals surface area contributed by atoms with Gasteiger partial charge in [-0.2, -0.15) is 0 Å². The number of aliphatic carboxylic acids is 1. The highest BCUT2D eigenvalue weighted by atomic mass is 79.9. The van der Waals surface area contributed by atoms with Gasteiger partial charge in [-0.1, -0.05) is 20.8 Å². The number of imidazole rings is 1. The SMILES string of the molecule is CC(C)(C)[C@@H]1Cn2cnc(Br)c2C2CC(=O)C(C(=O)O)=CN21. The van der Waals surface area contributed by atoms with E-state index in [1.54, 1.807) is 6.33 Å². The van der Waals surface area contributed by atoms with Crippen molar-refractivity contribution in [3.63, 3.8) is 0 Å². The van der Waals surface area contributed by atoms with E-state index >= 15 is 0 Å². The molecule has 22 heavy (non-hydrogen) atoms. The molecule has 3 rings (SSSR count). The predicted molar refractivity (Wildman–Crippen MR) is 83.1 cm³/mol. The molecule has 1 unspecified atom stereocenters. The van der Waals surface area contributed by atoms with Gasteiger partial charge in [0.15, 0.2) is 5.78 Å². The summed E-state index contributed by atoms with van der Waals surface area (Å²) in [5.41, 5.74) is 0.747. The molecular weight excluding hydrogens is 350 g/mol. The van der Waals surface area contributed by atoms with Crippen LogP contribution < -0.4 is 0 Å². The van der Waals surface area contributed by atoms with Gasteiger partial charge < -0.3 is 14.6 Å². The van der Waals surface area contributed by atoms with E-state index in [0.717, 1.165) is 10.3 Å². The maximum atomic E-state index is 12.2. The Morgan fingerprint density at radius 1 is 1.45 bits per heavy atom. The summed E-state index contributed by atoms with van der Waals surface area (Å²) < 4.78 is 2.78. The van der Waals surface area contributed by atoms with Crippen molar-refractivity contribution in [1.29, 1.82) is 0 Å². The van der Waals surface area contributed by atoms with Crippen molar-refractivity contribution in [1.82, 2.24) is 14.5 Å². The summed E-state index contributed by atoms with van der Waals surface area (Å²) in [7, 11) is 0. The van der Waals surface area contributed by atoms with Crippen LogP contribution in [-0.2, 0) is 16.1 Å². The molecule has 1 aromatic rings. The first kappa shape index (κ1) is 15.3. The fourth-order valence-electron chi connectivity index (χ4n) is 3.26. The van der Waals surface area contributed by atoms with Gasteiger partial charge >= 0.3 is 5.97 Å². The lowest BCUT2D eigenvalue weighted by atomic mass is 9.81. The van der Waals surface area contributed by atoms with Crippen molar-refractivity contribution < 1.29 is 14.7 Å². The second kappa shape index (κ2) is 4.94. The average Bonchev–Trinajstić information content (AvgIpc) is 2.77. The summed E-state index contributed by atoms with van der Waals surface area (Å²) in [6.45, 7) is 7.08. The summed E-state index contributed by atoms with van der Waals surface area (Å²) in [5.74, 6) is -1.49. The molecular formula is C15H18BrN3O3. The quantitative estimate of drug-likeness (QED) is 0.771. The molecule has 0 saturated carbocycles. The van der Waals surface area contributed by atoms with E-state index in [4.69, 9.17) is 0 Å². The molecule has 1 aromatic heterocycles. The van der Waals surface area contributed by atoms with Gasteiger partial charge in [0.2, 0.25) is 0 Å². The molecule has 0 bridgehead atoms. The van der Waals surface area contributed by atoms with Gasteiger partial charge in [0.1, 0.15) is 10.2 Å². The van der Waals surface area contributed by atoms with Crippen molar-refractivity contribution in [3.8, 4) is 0 Å². The number of hydrogen-bond acceptors (Lipinski definition) is 4. The zero-order valence-electron chi connectivity index (χ0n) is 12.7. The molecule has 0 saturated heterocycles. The highest BCUT2D eigenvalue weighted by Gasteiger charge is 2.44.